The van der Waals surface area contributed by atoms with Gasteiger partial charge in [0.25, 0.3) is 0 Å². The van der Waals surface area contributed by atoms with Gasteiger partial charge in [-0.3, -0.25) is 0 Å². The van der Waals surface area contributed by atoms with E-state index < -0.39 is 5.60 Å². The molecule has 0 spiro atoms. The highest BCUT2D eigenvalue weighted by Crippen LogP contribution is 2.32. The Labute approximate surface area is 116 Å². The Morgan fingerprint density at radius 2 is 1.67 bits per heavy atom. The summed E-state index contributed by atoms with van der Waals surface area (Å²) in [5.41, 5.74) is 0.0449. The molecule has 0 fully saturated rings. The normalized spacial score (nSPS) is 14.4. The van der Waals surface area contributed by atoms with E-state index in [2.05, 4.69) is 6.92 Å². The highest BCUT2D eigenvalue weighted by molar-refractivity contribution is 6.31. The minimum Gasteiger partial charge on any atom is -0.385 e. The zero-order valence-corrected chi connectivity index (χ0v) is 12.3. The minimum absolute atomic E-state index is 0.661. The van der Waals surface area contributed by atoms with Crippen molar-refractivity contribution < 1.29 is 5.11 Å². The first kappa shape index (κ1) is 15.5. The maximum absolute atomic E-state index is 10.5. The zero-order chi connectivity index (χ0) is 13.4. The van der Waals surface area contributed by atoms with Crippen molar-refractivity contribution in [1.29, 1.82) is 0 Å². The lowest BCUT2D eigenvalue weighted by molar-refractivity contribution is 0.0449. The highest BCUT2D eigenvalue weighted by atomic mass is 35.5. The van der Waals surface area contributed by atoms with Crippen LogP contribution in [0.5, 0.6) is 0 Å². The van der Waals surface area contributed by atoms with Crippen LogP contribution in [0.2, 0.25) is 5.02 Å². The van der Waals surface area contributed by atoms with Crippen LogP contribution in [0.4, 0.5) is 0 Å². The van der Waals surface area contributed by atoms with Gasteiger partial charge in [0.05, 0.1) is 5.60 Å². The van der Waals surface area contributed by atoms with E-state index in [-0.39, 0.29) is 0 Å². The first-order valence-corrected chi connectivity index (χ1v) is 7.43. The Morgan fingerprint density at radius 1 is 1.06 bits per heavy atom. The summed E-state index contributed by atoms with van der Waals surface area (Å²) < 4.78 is 0. The smallest absolute Gasteiger partial charge is 0.0882 e. The van der Waals surface area contributed by atoms with Gasteiger partial charge in [-0.1, -0.05) is 75.2 Å². The van der Waals surface area contributed by atoms with Gasteiger partial charge in [-0.15, -0.1) is 0 Å². The molecule has 1 N–H and O–H groups in total. The molecular weight excluding hydrogens is 244 g/mol. The van der Waals surface area contributed by atoms with Crippen LogP contribution in [0.3, 0.4) is 0 Å². The quantitative estimate of drug-likeness (QED) is 0.635. The van der Waals surface area contributed by atoms with Gasteiger partial charge in [0.1, 0.15) is 0 Å². The van der Waals surface area contributed by atoms with Gasteiger partial charge in [-0.2, -0.15) is 0 Å². The van der Waals surface area contributed by atoms with Gasteiger partial charge in [0, 0.05) is 10.6 Å². The number of aliphatic hydroxyl groups is 1. The average molecular weight is 269 g/mol. The van der Waals surface area contributed by atoms with Crippen LogP contribution in [-0.4, -0.2) is 5.11 Å². The molecule has 102 valence electrons. The molecular formula is C16H25ClO. The fourth-order valence-electron chi connectivity index (χ4n) is 2.28. The summed E-state index contributed by atoms with van der Waals surface area (Å²) in [5.74, 6) is 0. The lowest BCUT2D eigenvalue weighted by atomic mass is 9.90. The van der Waals surface area contributed by atoms with E-state index >= 15 is 0 Å². The summed E-state index contributed by atoms with van der Waals surface area (Å²) in [6.45, 7) is 4.09. The van der Waals surface area contributed by atoms with Crippen molar-refractivity contribution in [2.24, 2.45) is 0 Å². The molecule has 0 saturated carbocycles. The summed E-state index contributed by atoms with van der Waals surface area (Å²) in [6, 6.07) is 7.58. The van der Waals surface area contributed by atoms with E-state index in [0.717, 1.165) is 18.4 Å². The van der Waals surface area contributed by atoms with Gasteiger partial charge in [-0.25, -0.2) is 0 Å². The third kappa shape index (κ3) is 4.99. The van der Waals surface area contributed by atoms with Crippen LogP contribution in [0.25, 0.3) is 0 Å². The van der Waals surface area contributed by atoms with Gasteiger partial charge in [-0.05, 0) is 19.4 Å². The Bertz CT molecular complexity index is 347. The second kappa shape index (κ2) is 7.81. The van der Waals surface area contributed by atoms with Crippen molar-refractivity contribution in [1.82, 2.24) is 0 Å². The molecule has 1 aromatic rings. The van der Waals surface area contributed by atoms with Gasteiger partial charge >= 0.3 is 0 Å². The second-order valence-electron chi connectivity index (χ2n) is 5.27. The van der Waals surface area contributed by atoms with Crippen molar-refractivity contribution in [3.63, 3.8) is 0 Å². The molecule has 0 aliphatic carbocycles. The lowest BCUT2D eigenvalue weighted by Crippen LogP contribution is -2.21. The maximum atomic E-state index is 10.5. The molecule has 18 heavy (non-hydrogen) atoms. The SMILES string of the molecule is CCCCCCCCC(C)(O)c1ccccc1Cl. The fraction of sp³-hybridized carbons (Fsp3) is 0.625. The van der Waals surface area contributed by atoms with Gasteiger partial charge in [0.2, 0.25) is 0 Å². The largest absolute Gasteiger partial charge is 0.385 e. The van der Waals surface area contributed by atoms with E-state index in [9.17, 15) is 5.11 Å². The molecule has 1 nitrogen and oxygen atoms in total. The molecule has 0 amide bonds. The van der Waals surface area contributed by atoms with E-state index in [1.54, 1.807) is 0 Å². The number of hydrogen-bond acceptors (Lipinski definition) is 1. The van der Waals surface area contributed by atoms with Crippen LogP contribution in [-0.2, 0) is 5.60 Å². The monoisotopic (exact) mass is 268 g/mol. The van der Waals surface area contributed by atoms with E-state index in [4.69, 9.17) is 11.6 Å². The average Bonchev–Trinajstić information content (AvgIpc) is 2.34. The van der Waals surface area contributed by atoms with Crippen molar-refractivity contribution in [3.8, 4) is 0 Å². The summed E-state index contributed by atoms with van der Waals surface area (Å²) in [7, 11) is 0. The number of hydrogen-bond donors (Lipinski definition) is 1. The number of benzene rings is 1. The molecule has 0 radical (unpaired) electrons. The molecule has 0 aliphatic heterocycles. The molecule has 1 aromatic carbocycles. The third-order valence-corrected chi connectivity index (χ3v) is 3.80. The predicted molar refractivity (Wildman–Crippen MR) is 79.0 cm³/mol. The van der Waals surface area contributed by atoms with E-state index in [1.807, 2.05) is 31.2 Å². The molecule has 0 heterocycles. The van der Waals surface area contributed by atoms with Crippen LogP contribution in [0.15, 0.2) is 24.3 Å². The topological polar surface area (TPSA) is 20.2 Å². The molecule has 0 aromatic heterocycles. The molecule has 1 atom stereocenters. The van der Waals surface area contributed by atoms with E-state index in [1.165, 1.54) is 32.1 Å². The van der Waals surface area contributed by atoms with Crippen LogP contribution in [0.1, 0.15) is 64.4 Å². The summed E-state index contributed by atoms with van der Waals surface area (Å²) in [4.78, 5) is 0. The lowest BCUT2D eigenvalue weighted by Gasteiger charge is -2.25. The standard InChI is InChI=1S/C16H25ClO/c1-3-4-5-6-7-10-13-16(2,18)14-11-8-9-12-15(14)17/h8-9,11-12,18H,3-7,10,13H2,1-2H3. The second-order valence-corrected chi connectivity index (χ2v) is 5.68. The third-order valence-electron chi connectivity index (χ3n) is 3.47. The predicted octanol–water partition coefficient (Wildman–Crippen LogP) is 5.30. The molecule has 2 heteroatoms. The highest BCUT2D eigenvalue weighted by Gasteiger charge is 2.24. The first-order chi connectivity index (χ1) is 8.58. The fourth-order valence-corrected chi connectivity index (χ4v) is 2.62. The summed E-state index contributed by atoms with van der Waals surface area (Å²) in [6.07, 6.45) is 8.21. The van der Waals surface area contributed by atoms with Crippen molar-refractivity contribution in [3.05, 3.63) is 34.9 Å². The molecule has 1 rings (SSSR count). The number of halogens is 1. The summed E-state index contributed by atoms with van der Waals surface area (Å²) >= 11 is 6.13. The molecule has 0 aliphatic rings. The zero-order valence-electron chi connectivity index (χ0n) is 11.6. The van der Waals surface area contributed by atoms with Gasteiger partial charge in [0.15, 0.2) is 0 Å². The number of rotatable bonds is 8. The van der Waals surface area contributed by atoms with Crippen molar-refractivity contribution in [2.45, 2.75) is 64.4 Å². The summed E-state index contributed by atoms with van der Waals surface area (Å²) in [5, 5.41) is 11.1. The Kier molecular flexibility index (Phi) is 6.73. The number of unbranched alkanes of at least 4 members (excludes halogenated alkanes) is 5. The molecule has 0 bridgehead atoms. The Hall–Kier alpha value is -0.530. The Morgan fingerprint density at radius 3 is 2.33 bits per heavy atom. The first-order valence-electron chi connectivity index (χ1n) is 7.05. The van der Waals surface area contributed by atoms with Crippen molar-refractivity contribution >= 4 is 11.6 Å². The van der Waals surface area contributed by atoms with Crippen LogP contribution in [0, 0.1) is 0 Å². The maximum Gasteiger partial charge on any atom is 0.0882 e. The van der Waals surface area contributed by atoms with E-state index in [0.29, 0.717) is 5.02 Å². The van der Waals surface area contributed by atoms with Crippen molar-refractivity contribution in [2.75, 3.05) is 0 Å². The van der Waals surface area contributed by atoms with Crippen LogP contribution < -0.4 is 0 Å². The molecule has 0 saturated heterocycles. The Balaban J connectivity index is 2.38. The molecule has 1 unspecified atom stereocenters. The van der Waals surface area contributed by atoms with Crippen LogP contribution >= 0.6 is 11.6 Å². The minimum atomic E-state index is -0.802. The van der Waals surface area contributed by atoms with Gasteiger partial charge < -0.3 is 5.11 Å².